The number of halogens is 1. The van der Waals surface area contributed by atoms with Gasteiger partial charge in [0.15, 0.2) is 0 Å². The average Bonchev–Trinajstić information content (AvgIpc) is 2.94. The van der Waals surface area contributed by atoms with Crippen LogP contribution in [0.2, 0.25) is 5.02 Å². The highest BCUT2D eigenvalue weighted by Gasteiger charge is 2.53. The Bertz CT molecular complexity index is 1130. The van der Waals surface area contributed by atoms with Crippen molar-refractivity contribution in [1.82, 2.24) is 0 Å². The van der Waals surface area contributed by atoms with Crippen LogP contribution in [0.3, 0.4) is 0 Å². The number of carbonyl (C=O) groups excluding carboxylic acids is 1. The Hall–Kier alpha value is -3.29. The Kier molecular flexibility index (Phi) is 5.01. The van der Waals surface area contributed by atoms with Gasteiger partial charge in [-0.15, -0.1) is 0 Å². The minimum atomic E-state index is -0.543. The van der Waals surface area contributed by atoms with Crippen LogP contribution in [0.1, 0.15) is 36.6 Å². The normalized spacial score (nSPS) is 17.8. The van der Waals surface area contributed by atoms with Gasteiger partial charge < -0.3 is 0 Å². The van der Waals surface area contributed by atoms with Gasteiger partial charge in [0.05, 0.1) is 23.2 Å². The number of nitrogens with zero attached hydrogens (tertiary/aromatic N) is 3. The largest absolute Gasteiger partial charge is 0.330 e. The summed E-state index contributed by atoms with van der Waals surface area (Å²) in [7, 11) is 0. The van der Waals surface area contributed by atoms with Crippen LogP contribution in [0.15, 0.2) is 72.8 Å². The van der Waals surface area contributed by atoms with E-state index in [-0.39, 0.29) is 12.1 Å². The van der Waals surface area contributed by atoms with Gasteiger partial charge in [-0.25, -0.2) is 4.79 Å². The summed E-state index contributed by atoms with van der Waals surface area (Å²) in [6, 6.07) is 24.6. The first-order valence-electron chi connectivity index (χ1n) is 9.78. The van der Waals surface area contributed by atoms with Crippen LogP contribution in [-0.2, 0) is 0 Å². The molecule has 0 bridgehead atoms. The lowest BCUT2D eigenvalue weighted by molar-refractivity contribution is 0.254. The average molecular weight is 416 g/mol. The third kappa shape index (κ3) is 3.32. The van der Waals surface area contributed by atoms with Crippen LogP contribution >= 0.6 is 11.6 Å². The van der Waals surface area contributed by atoms with E-state index in [1.807, 2.05) is 40.1 Å². The smallest absolute Gasteiger partial charge is 0.286 e. The third-order valence-corrected chi connectivity index (χ3v) is 5.87. The molecule has 4 rings (SSSR count). The zero-order chi connectivity index (χ0) is 21.5. The number of anilines is 2. The summed E-state index contributed by atoms with van der Waals surface area (Å²) in [6.07, 6.45) is 0. The summed E-state index contributed by atoms with van der Waals surface area (Å²) in [4.78, 5) is 17.4. The SMILES string of the molecule is Cc1cccc(C2N(c3ccc(Cl)cc3)C(=O)N(c3ccc(C#N)cc3)C2(C)C)c1. The molecule has 1 saturated heterocycles. The maximum atomic E-state index is 13.8. The number of benzene rings is 3. The van der Waals surface area contributed by atoms with Crippen LogP contribution in [0.25, 0.3) is 0 Å². The Labute approximate surface area is 181 Å². The van der Waals surface area contributed by atoms with Gasteiger partial charge in [-0.1, -0.05) is 41.4 Å². The van der Waals surface area contributed by atoms with Crippen molar-refractivity contribution in [1.29, 1.82) is 5.26 Å². The van der Waals surface area contributed by atoms with Crippen molar-refractivity contribution in [3.63, 3.8) is 0 Å². The number of carbonyl (C=O) groups is 1. The number of urea groups is 1. The third-order valence-electron chi connectivity index (χ3n) is 5.62. The lowest BCUT2D eigenvalue weighted by Crippen LogP contribution is -2.43. The van der Waals surface area contributed by atoms with Gasteiger partial charge in [0.1, 0.15) is 0 Å². The van der Waals surface area contributed by atoms with E-state index in [9.17, 15) is 4.79 Å². The molecule has 1 heterocycles. The maximum absolute atomic E-state index is 13.8. The van der Waals surface area contributed by atoms with E-state index in [2.05, 4.69) is 45.0 Å². The van der Waals surface area contributed by atoms with E-state index in [0.717, 1.165) is 22.5 Å². The number of aryl methyl sites for hydroxylation is 1. The maximum Gasteiger partial charge on any atom is 0.330 e. The Morgan fingerprint density at radius 2 is 1.60 bits per heavy atom. The standard InChI is InChI=1S/C25H22ClN3O/c1-17-5-4-6-19(15-17)23-25(2,3)29(22-11-7-18(16-27)8-12-22)24(30)28(23)21-13-9-20(26)10-14-21/h4-15,23H,1-3H3. The number of rotatable bonds is 3. The van der Waals surface area contributed by atoms with Gasteiger partial charge in [0.25, 0.3) is 0 Å². The van der Waals surface area contributed by atoms with Gasteiger partial charge in [0.2, 0.25) is 0 Å². The van der Waals surface area contributed by atoms with E-state index in [1.165, 1.54) is 0 Å². The lowest BCUT2D eigenvalue weighted by Gasteiger charge is -2.35. The molecule has 1 fully saturated rings. The van der Waals surface area contributed by atoms with Crippen molar-refractivity contribution in [2.75, 3.05) is 9.80 Å². The summed E-state index contributed by atoms with van der Waals surface area (Å²) in [5.74, 6) is 0. The van der Waals surface area contributed by atoms with E-state index in [4.69, 9.17) is 16.9 Å². The molecule has 1 unspecified atom stereocenters. The van der Waals surface area contributed by atoms with Gasteiger partial charge >= 0.3 is 6.03 Å². The highest BCUT2D eigenvalue weighted by atomic mass is 35.5. The molecular formula is C25H22ClN3O. The highest BCUT2D eigenvalue weighted by molar-refractivity contribution is 6.30. The molecule has 0 radical (unpaired) electrons. The Morgan fingerprint density at radius 3 is 2.20 bits per heavy atom. The molecule has 0 spiro atoms. The van der Waals surface area contributed by atoms with Crippen molar-refractivity contribution >= 4 is 29.0 Å². The molecule has 0 saturated carbocycles. The van der Waals surface area contributed by atoms with Crippen molar-refractivity contribution < 1.29 is 4.79 Å². The molecule has 3 aromatic rings. The Morgan fingerprint density at radius 1 is 0.967 bits per heavy atom. The van der Waals surface area contributed by atoms with Crippen LogP contribution in [-0.4, -0.2) is 11.6 Å². The number of amides is 2. The molecule has 1 aliphatic rings. The molecule has 1 atom stereocenters. The summed E-state index contributed by atoms with van der Waals surface area (Å²) >= 11 is 6.10. The second kappa shape index (κ2) is 7.51. The van der Waals surface area contributed by atoms with Gasteiger partial charge in [-0.05, 0) is 74.9 Å². The van der Waals surface area contributed by atoms with Crippen LogP contribution in [0.5, 0.6) is 0 Å². The molecule has 4 nitrogen and oxygen atoms in total. The van der Waals surface area contributed by atoms with Crippen molar-refractivity contribution in [3.05, 3.63) is 94.5 Å². The summed E-state index contributed by atoms with van der Waals surface area (Å²) in [6.45, 7) is 6.20. The molecule has 0 aliphatic carbocycles. The molecule has 5 heteroatoms. The van der Waals surface area contributed by atoms with E-state index < -0.39 is 5.54 Å². The molecule has 30 heavy (non-hydrogen) atoms. The zero-order valence-electron chi connectivity index (χ0n) is 17.1. The topological polar surface area (TPSA) is 47.3 Å². The molecule has 0 aromatic heterocycles. The summed E-state index contributed by atoms with van der Waals surface area (Å²) in [5, 5.41) is 9.75. The van der Waals surface area contributed by atoms with Crippen molar-refractivity contribution in [3.8, 4) is 6.07 Å². The minimum absolute atomic E-state index is 0.112. The fraction of sp³-hybridized carbons (Fsp3) is 0.200. The fourth-order valence-electron chi connectivity index (χ4n) is 4.29. The summed E-state index contributed by atoms with van der Waals surface area (Å²) in [5.41, 5.74) is 3.79. The predicted octanol–water partition coefficient (Wildman–Crippen LogP) is 6.49. The quantitative estimate of drug-likeness (QED) is 0.491. The Balaban J connectivity index is 1.89. The molecule has 2 amide bonds. The second-order valence-electron chi connectivity index (χ2n) is 8.09. The van der Waals surface area contributed by atoms with Crippen LogP contribution in [0.4, 0.5) is 16.2 Å². The minimum Gasteiger partial charge on any atom is -0.286 e. The number of hydrogen-bond acceptors (Lipinski definition) is 2. The molecule has 1 aliphatic heterocycles. The summed E-state index contributed by atoms with van der Waals surface area (Å²) < 4.78 is 0. The van der Waals surface area contributed by atoms with Crippen molar-refractivity contribution in [2.45, 2.75) is 32.4 Å². The van der Waals surface area contributed by atoms with Crippen molar-refractivity contribution in [2.24, 2.45) is 0 Å². The fourth-order valence-corrected chi connectivity index (χ4v) is 4.42. The number of hydrogen-bond donors (Lipinski definition) is 0. The first-order chi connectivity index (χ1) is 14.3. The van der Waals surface area contributed by atoms with Gasteiger partial charge in [-0.3, -0.25) is 9.80 Å². The molecule has 3 aromatic carbocycles. The first kappa shape index (κ1) is 20.0. The molecule has 150 valence electrons. The van der Waals surface area contributed by atoms with Crippen LogP contribution in [0, 0.1) is 18.3 Å². The highest BCUT2D eigenvalue weighted by Crippen LogP contribution is 2.47. The lowest BCUT2D eigenvalue weighted by atomic mass is 9.87. The second-order valence-corrected chi connectivity index (χ2v) is 8.53. The van der Waals surface area contributed by atoms with E-state index in [1.54, 1.807) is 24.3 Å². The zero-order valence-corrected chi connectivity index (χ0v) is 17.9. The first-order valence-corrected chi connectivity index (χ1v) is 10.2. The predicted molar refractivity (Wildman–Crippen MR) is 121 cm³/mol. The monoisotopic (exact) mass is 415 g/mol. The van der Waals surface area contributed by atoms with E-state index in [0.29, 0.717) is 10.6 Å². The van der Waals surface area contributed by atoms with E-state index >= 15 is 0 Å². The van der Waals surface area contributed by atoms with Crippen LogP contribution < -0.4 is 9.80 Å². The van der Waals surface area contributed by atoms with Gasteiger partial charge in [-0.2, -0.15) is 5.26 Å². The molecule has 0 N–H and O–H groups in total. The van der Waals surface area contributed by atoms with Gasteiger partial charge in [0, 0.05) is 16.4 Å². The molecular weight excluding hydrogens is 394 g/mol. The number of nitriles is 1.